The fourth-order valence-corrected chi connectivity index (χ4v) is 2.97. The van der Waals surface area contributed by atoms with E-state index in [1.165, 1.54) is 31.2 Å². The molecule has 0 aliphatic heterocycles. The van der Waals surface area contributed by atoms with Gasteiger partial charge in [-0.25, -0.2) is 0 Å². The van der Waals surface area contributed by atoms with E-state index in [9.17, 15) is 4.79 Å². The van der Waals surface area contributed by atoms with Gasteiger partial charge in [-0.2, -0.15) is 0 Å². The maximum absolute atomic E-state index is 12.5. The molecule has 2 rings (SSSR count). The minimum atomic E-state index is 0.300. The fraction of sp³-hybridized carbons (Fsp3) is 0.588. The van der Waals surface area contributed by atoms with Crippen LogP contribution in [-0.4, -0.2) is 23.9 Å². The van der Waals surface area contributed by atoms with Crippen LogP contribution in [0.4, 0.5) is 0 Å². The number of rotatable bonds is 7. The topological polar surface area (TPSA) is 46.3 Å². The third kappa shape index (κ3) is 4.64. The van der Waals surface area contributed by atoms with Gasteiger partial charge in [0, 0.05) is 19.5 Å². The standard InChI is InChI=1S/C17H26N2O/c18-11-6-12-19(14-16-9-2-1-3-10-16)17(20)13-15-7-4-5-8-15/h1-3,9-10,15H,4-8,11-14,18H2. The Kier molecular flexibility index (Phi) is 6.06. The minimum absolute atomic E-state index is 0.300. The lowest BCUT2D eigenvalue weighted by Gasteiger charge is -2.24. The molecule has 1 aromatic rings. The predicted molar refractivity (Wildman–Crippen MR) is 82.1 cm³/mol. The number of hydrogen-bond donors (Lipinski definition) is 1. The maximum Gasteiger partial charge on any atom is 0.223 e. The van der Waals surface area contributed by atoms with Gasteiger partial charge >= 0.3 is 0 Å². The Bertz CT molecular complexity index is 399. The molecular formula is C17H26N2O. The quantitative estimate of drug-likeness (QED) is 0.831. The Balaban J connectivity index is 1.92. The summed E-state index contributed by atoms with van der Waals surface area (Å²) < 4.78 is 0. The fourth-order valence-electron chi connectivity index (χ4n) is 2.97. The third-order valence-electron chi connectivity index (χ3n) is 4.14. The summed E-state index contributed by atoms with van der Waals surface area (Å²) in [7, 11) is 0. The van der Waals surface area contributed by atoms with Gasteiger partial charge < -0.3 is 10.6 Å². The van der Waals surface area contributed by atoms with Gasteiger partial charge in [0.05, 0.1) is 0 Å². The summed E-state index contributed by atoms with van der Waals surface area (Å²) in [5.74, 6) is 0.910. The van der Waals surface area contributed by atoms with Gasteiger partial charge in [-0.1, -0.05) is 43.2 Å². The first kappa shape index (κ1) is 15.0. The molecule has 0 heterocycles. The van der Waals surface area contributed by atoms with E-state index in [-0.39, 0.29) is 0 Å². The molecule has 0 aromatic heterocycles. The second-order valence-corrected chi connectivity index (χ2v) is 5.80. The van der Waals surface area contributed by atoms with Crippen LogP contribution in [0.15, 0.2) is 30.3 Å². The maximum atomic E-state index is 12.5. The third-order valence-corrected chi connectivity index (χ3v) is 4.14. The zero-order valence-corrected chi connectivity index (χ0v) is 12.3. The molecular weight excluding hydrogens is 248 g/mol. The molecule has 1 aromatic carbocycles. The Morgan fingerprint density at radius 3 is 2.55 bits per heavy atom. The van der Waals surface area contributed by atoms with Crippen LogP contribution in [0.3, 0.4) is 0 Å². The molecule has 1 aliphatic carbocycles. The number of benzene rings is 1. The van der Waals surface area contributed by atoms with Crippen molar-refractivity contribution in [3.8, 4) is 0 Å². The van der Waals surface area contributed by atoms with Crippen molar-refractivity contribution in [3.63, 3.8) is 0 Å². The van der Waals surface area contributed by atoms with Crippen LogP contribution >= 0.6 is 0 Å². The van der Waals surface area contributed by atoms with Crippen molar-refractivity contribution in [2.24, 2.45) is 11.7 Å². The Morgan fingerprint density at radius 2 is 1.90 bits per heavy atom. The van der Waals surface area contributed by atoms with Crippen molar-refractivity contribution < 1.29 is 4.79 Å². The zero-order valence-electron chi connectivity index (χ0n) is 12.3. The van der Waals surface area contributed by atoms with E-state index < -0.39 is 0 Å². The second kappa shape index (κ2) is 8.05. The molecule has 1 amide bonds. The smallest absolute Gasteiger partial charge is 0.223 e. The van der Waals surface area contributed by atoms with Crippen molar-refractivity contribution >= 4 is 5.91 Å². The molecule has 0 radical (unpaired) electrons. The highest BCUT2D eigenvalue weighted by atomic mass is 16.2. The van der Waals surface area contributed by atoms with E-state index >= 15 is 0 Å². The van der Waals surface area contributed by atoms with E-state index in [0.717, 1.165) is 19.4 Å². The number of nitrogens with two attached hydrogens (primary N) is 1. The van der Waals surface area contributed by atoms with Gasteiger partial charge in [0.1, 0.15) is 0 Å². The van der Waals surface area contributed by atoms with E-state index in [2.05, 4.69) is 12.1 Å². The van der Waals surface area contributed by atoms with Crippen LogP contribution in [0.25, 0.3) is 0 Å². The summed E-state index contributed by atoms with van der Waals surface area (Å²) in [5, 5.41) is 0. The highest BCUT2D eigenvalue weighted by molar-refractivity contribution is 5.76. The first-order valence-corrected chi connectivity index (χ1v) is 7.81. The minimum Gasteiger partial charge on any atom is -0.338 e. The van der Waals surface area contributed by atoms with Crippen molar-refractivity contribution in [2.75, 3.05) is 13.1 Å². The average Bonchev–Trinajstić information content (AvgIpc) is 2.97. The van der Waals surface area contributed by atoms with Gasteiger partial charge in [0.25, 0.3) is 0 Å². The van der Waals surface area contributed by atoms with Gasteiger partial charge in [-0.3, -0.25) is 4.79 Å². The van der Waals surface area contributed by atoms with Crippen LogP contribution in [0.5, 0.6) is 0 Å². The van der Waals surface area contributed by atoms with Crippen molar-refractivity contribution in [1.82, 2.24) is 4.90 Å². The first-order valence-electron chi connectivity index (χ1n) is 7.81. The van der Waals surface area contributed by atoms with Crippen LogP contribution < -0.4 is 5.73 Å². The molecule has 1 fully saturated rings. The van der Waals surface area contributed by atoms with E-state index in [1.807, 2.05) is 23.1 Å². The number of amides is 1. The van der Waals surface area contributed by atoms with E-state index in [4.69, 9.17) is 5.73 Å². The lowest BCUT2D eigenvalue weighted by atomic mass is 10.0. The van der Waals surface area contributed by atoms with Crippen molar-refractivity contribution in [1.29, 1.82) is 0 Å². The lowest BCUT2D eigenvalue weighted by molar-refractivity contribution is -0.132. The highest BCUT2D eigenvalue weighted by Crippen LogP contribution is 2.28. The summed E-state index contributed by atoms with van der Waals surface area (Å²) >= 11 is 0. The Morgan fingerprint density at radius 1 is 1.20 bits per heavy atom. The summed E-state index contributed by atoms with van der Waals surface area (Å²) in [5.41, 5.74) is 6.79. The van der Waals surface area contributed by atoms with Crippen LogP contribution in [0, 0.1) is 5.92 Å². The lowest BCUT2D eigenvalue weighted by Crippen LogP contribution is -2.33. The Labute approximate surface area is 122 Å². The summed E-state index contributed by atoms with van der Waals surface area (Å²) in [6, 6.07) is 10.2. The molecule has 1 saturated carbocycles. The molecule has 0 saturated heterocycles. The van der Waals surface area contributed by atoms with Gasteiger partial charge in [-0.15, -0.1) is 0 Å². The molecule has 0 unspecified atom stereocenters. The average molecular weight is 274 g/mol. The van der Waals surface area contributed by atoms with E-state index in [0.29, 0.717) is 24.9 Å². The largest absolute Gasteiger partial charge is 0.338 e. The molecule has 110 valence electrons. The van der Waals surface area contributed by atoms with Gasteiger partial charge in [0.15, 0.2) is 0 Å². The monoisotopic (exact) mass is 274 g/mol. The molecule has 3 heteroatoms. The first-order chi connectivity index (χ1) is 9.79. The number of hydrogen-bond acceptors (Lipinski definition) is 2. The van der Waals surface area contributed by atoms with E-state index in [1.54, 1.807) is 0 Å². The number of carbonyl (C=O) groups excluding carboxylic acids is 1. The molecule has 20 heavy (non-hydrogen) atoms. The summed E-state index contributed by atoms with van der Waals surface area (Å²) in [6.45, 7) is 2.13. The van der Waals surface area contributed by atoms with Gasteiger partial charge in [0.2, 0.25) is 5.91 Å². The normalized spacial score (nSPS) is 15.4. The molecule has 1 aliphatic rings. The molecule has 0 bridgehead atoms. The van der Waals surface area contributed by atoms with Crippen molar-refractivity contribution in [3.05, 3.63) is 35.9 Å². The summed E-state index contributed by atoms with van der Waals surface area (Å²) in [4.78, 5) is 14.5. The molecule has 0 spiro atoms. The molecule has 0 atom stereocenters. The van der Waals surface area contributed by atoms with Gasteiger partial charge in [-0.05, 0) is 37.3 Å². The van der Waals surface area contributed by atoms with Crippen molar-refractivity contribution in [2.45, 2.75) is 45.1 Å². The number of carbonyl (C=O) groups is 1. The predicted octanol–water partition coefficient (Wildman–Crippen LogP) is 2.94. The zero-order chi connectivity index (χ0) is 14.2. The van der Waals surface area contributed by atoms with Crippen LogP contribution in [-0.2, 0) is 11.3 Å². The number of nitrogens with zero attached hydrogens (tertiary/aromatic N) is 1. The highest BCUT2D eigenvalue weighted by Gasteiger charge is 2.21. The van der Waals surface area contributed by atoms with Crippen LogP contribution in [0.2, 0.25) is 0 Å². The Hall–Kier alpha value is -1.35. The SMILES string of the molecule is NCCCN(Cc1ccccc1)C(=O)CC1CCCC1. The molecule has 3 nitrogen and oxygen atoms in total. The second-order valence-electron chi connectivity index (χ2n) is 5.80. The van der Waals surface area contributed by atoms with Crippen LogP contribution in [0.1, 0.15) is 44.1 Å². The summed E-state index contributed by atoms with van der Waals surface area (Å²) in [6.07, 6.45) is 6.63. The molecule has 2 N–H and O–H groups in total.